The van der Waals surface area contributed by atoms with E-state index in [-0.39, 0.29) is 5.91 Å². The van der Waals surface area contributed by atoms with Gasteiger partial charge in [0.15, 0.2) is 5.13 Å². The number of fused-ring (bicyclic) bond motifs is 1. The lowest BCUT2D eigenvalue weighted by molar-refractivity contribution is 0.102. The van der Waals surface area contributed by atoms with Gasteiger partial charge in [-0.2, -0.15) is 0 Å². The standard InChI is InChI=1S/C21H16N2OS2/c1-25-16-11-9-15(10-12-16)20(24)23-21-22-19(13-26-21)18-8-4-6-14-5-2-3-7-17(14)18/h2-13H,1H3,(H,22,23,24). The van der Waals surface area contributed by atoms with E-state index in [0.717, 1.165) is 21.5 Å². The van der Waals surface area contributed by atoms with E-state index in [0.29, 0.717) is 10.7 Å². The minimum Gasteiger partial charge on any atom is -0.298 e. The van der Waals surface area contributed by atoms with Crippen molar-refractivity contribution in [3.8, 4) is 11.3 Å². The smallest absolute Gasteiger partial charge is 0.257 e. The minimum absolute atomic E-state index is 0.142. The molecule has 1 aromatic heterocycles. The van der Waals surface area contributed by atoms with Crippen LogP contribution in [0.2, 0.25) is 0 Å². The lowest BCUT2D eigenvalue weighted by atomic mass is 10.0. The average molecular weight is 377 g/mol. The van der Waals surface area contributed by atoms with E-state index >= 15 is 0 Å². The summed E-state index contributed by atoms with van der Waals surface area (Å²) in [6, 6.07) is 22.0. The van der Waals surface area contributed by atoms with Gasteiger partial charge < -0.3 is 0 Å². The lowest BCUT2D eigenvalue weighted by Crippen LogP contribution is -2.11. The van der Waals surface area contributed by atoms with Crippen molar-refractivity contribution >= 4 is 44.9 Å². The topological polar surface area (TPSA) is 42.0 Å². The fourth-order valence-corrected chi connectivity index (χ4v) is 3.93. The molecule has 3 nitrogen and oxygen atoms in total. The molecule has 0 saturated heterocycles. The van der Waals surface area contributed by atoms with Crippen molar-refractivity contribution in [1.82, 2.24) is 4.98 Å². The Hall–Kier alpha value is -2.63. The molecular weight excluding hydrogens is 360 g/mol. The number of thiazole rings is 1. The van der Waals surface area contributed by atoms with Crippen LogP contribution in [-0.2, 0) is 0 Å². The molecule has 1 amide bonds. The van der Waals surface area contributed by atoms with Crippen molar-refractivity contribution in [3.63, 3.8) is 0 Å². The fraction of sp³-hybridized carbons (Fsp3) is 0.0476. The summed E-state index contributed by atoms with van der Waals surface area (Å²) in [6.45, 7) is 0. The van der Waals surface area contributed by atoms with Crippen molar-refractivity contribution in [3.05, 3.63) is 77.7 Å². The summed E-state index contributed by atoms with van der Waals surface area (Å²) >= 11 is 3.09. The summed E-state index contributed by atoms with van der Waals surface area (Å²) in [4.78, 5) is 18.2. The van der Waals surface area contributed by atoms with Crippen LogP contribution in [0, 0.1) is 0 Å². The number of hydrogen-bond acceptors (Lipinski definition) is 4. The monoisotopic (exact) mass is 376 g/mol. The van der Waals surface area contributed by atoms with Gasteiger partial charge >= 0.3 is 0 Å². The van der Waals surface area contributed by atoms with E-state index in [4.69, 9.17) is 0 Å². The number of amides is 1. The van der Waals surface area contributed by atoms with Crippen LogP contribution in [0.1, 0.15) is 10.4 Å². The number of aromatic nitrogens is 1. The summed E-state index contributed by atoms with van der Waals surface area (Å²) in [6.07, 6.45) is 2.01. The second-order valence-corrected chi connectivity index (χ2v) is 7.48. The maximum absolute atomic E-state index is 12.4. The fourth-order valence-electron chi connectivity index (χ4n) is 2.82. The molecule has 0 spiro atoms. The van der Waals surface area contributed by atoms with Gasteiger partial charge in [0.2, 0.25) is 0 Å². The summed E-state index contributed by atoms with van der Waals surface area (Å²) in [5.41, 5.74) is 2.58. The zero-order chi connectivity index (χ0) is 17.9. The van der Waals surface area contributed by atoms with Crippen LogP contribution in [0.3, 0.4) is 0 Å². The van der Waals surface area contributed by atoms with Crippen LogP contribution in [0.4, 0.5) is 5.13 Å². The summed E-state index contributed by atoms with van der Waals surface area (Å²) in [7, 11) is 0. The zero-order valence-corrected chi connectivity index (χ0v) is 15.7. The Labute approximate surface area is 160 Å². The molecule has 0 bridgehead atoms. The molecule has 0 aliphatic carbocycles. The number of benzene rings is 3. The first kappa shape index (κ1) is 16.8. The van der Waals surface area contributed by atoms with Gasteiger partial charge in [-0.1, -0.05) is 42.5 Å². The van der Waals surface area contributed by atoms with E-state index in [1.54, 1.807) is 11.8 Å². The van der Waals surface area contributed by atoms with Crippen molar-refractivity contribution in [1.29, 1.82) is 0 Å². The molecule has 0 unspecified atom stereocenters. The van der Waals surface area contributed by atoms with Crippen molar-refractivity contribution in [2.45, 2.75) is 4.90 Å². The molecule has 4 aromatic rings. The van der Waals surface area contributed by atoms with E-state index in [2.05, 4.69) is 34.6 Å². The molecule has 3 aromatic carbocycles. The van der Waals surface area contributed by atoms with E-state index in [9.17, 15) is 4.79 Å². The van der Waals surface area contributed by atoms with Crippen LogP contribution in [0.5, 0.6) is 0 Å². The number of anilines is 1. The SMILES string of the molecule is CSc1ccc(C(=O)Nc2nc(-c3cccc4ccccc34)cs2)cc1. The van der Waals surface area contributed by atoms with Crippen LogP contribution in [0.15, 0.2) is 77.0 Å². The molecule has 0 radical (unpaired) electrons. The molecule has 5 heteroatoms. The molecule has 0 atom stereocenters. The Kier molecular flexibility index (Phi) is 4.73. The third kappa shape index (κ3) is 3.36. The largest absolute Gasteiger partial charge is 0.298 e. The van der Waals surface area contributed by atoms with E-state index in [1.165, 1.54) is 16.7 Å². The highest BCUT2D eigenvalue weighted by molar-refractivity contribution is 7.98. The average Bonchev–Trinajstić information content (AvgIpc) is 3.15. The third-order valence-electron chi connectivity index (χ3n) is 4.14. The Balaban J connectivity index is 1.58. The molecule has 0 aliphatic rings. The van der Waals surface area contributed by atoms with Gasteiger partial charge in [-0.05, 0) is 41.3 Å². The maximum Gasteiger partial charge on any atom is 0.257 e. The molecule has 1 heterocycles. The minimum atomic E-state index is -0.142. The van der Waals surface area contributed by atoms with Crippen LogP contribution >= 0.6 is 23.1 Å². The lowest BCUT2D eigenvalue weighted by Gasteiger charge is -2.04. The molecule has 128 valence electrons. The molecule has 0 fully saturated rings. The number of rotatable bonds is 4. The Morgan fingerprint density at radius 3 is 2.58 bits per heavy atom. The van der Waals surface area contributed by atoms with Gasteiger partial charge in [0.05, 0.1) is 5.69 Å². The van der Waals surface area contributed by atoms with Crippen molar-refractivity contribution < 1.29 is 4.79 Å². The van der Waals surface area contributed by atoms with Gasteiger partial charge in [-0.25, -0.2) is 4.98 Å². The van der Waals surface area contributed by atoms with Gasteiger partial charge in [-0.3, -0.25) is 10.1 Å². The second kappa shape index (κ2) is 7.32. The first-order valence-corrected chi connectivity index (χ1v) is 10.2. The molecule has 26 heavy (non-hydrogen) atoms. The Morgan fingerprint density at radius 2 is 1.77 bits per heavy atom. The Morgan fingerprint density at radius 1 is 1.00 bits per heavy atom. The van der Waals surface area contributed by atoms with Gasteiger partial charge in [-0.15, -0.1) is 23.1 Å². The number of carbonyl (C=O) groups is 1. The van der Waals surface area contributed by atoms with Crippen LogP contribution in [0.25, 0.3) is 22.0 Å². The molecule has 0 aliphatic heterocycles. The van der Waals surface area contributed by atoms with Crippen molar-refractivity contribution in [2.24, 2.45) is 0 Å². The number of nitrogens with zero attached hydrogens (tertiary/aromatic N) is 1. The number of carbonyl (C=O) groups excluding carboxylic acids is 1. The van der Waals surface area contributed by atoms with Crippen LogP contribution < -0.4 is 5.32 Å². The Bertz CT molecular complexity index is 1070. The first-order valence-electron chi connectivity index (χ1n) is 8.13. The van der Waals surface area contributed by atoms with Gasteiger partial charge in [0.25, 0.3) is 5.91 Å². The molecular formula is C21H16N2OS2. The van der Waals surface area contributed by atoms with E-state index in [1.807, 2.05) is 54.1 Å². The normalized spacial score (nSPS) is 10.8. The first-order chi connectivity index (χ1) is 12.7. The highest BCUT2D eigenvalue weighted by Crippen LogP contribution is 2.31. The maximum atomic E-state index is 12.4. The quantitative estimate of drug-likeness (QED) is 0.448. The van der Waals surface area contributed by atoms with Crippen LogP contribution in [-0.4, -0.2) is 17.1 Å². The van der Waals surface area contributed by atoms with E-state index < -0.39 is 0 Å². The molecule has 4 rings (SSSR count). The zero-order valence-electron chi connectivity index (χ0n) is 14.1. The molecule has 1 N–H and O–H groups in total. The van der Waals surface area contributed by atoms with Gasteiger partial charge in [0, 0.05) is 21.4 Å². The number of thioether (sulfide) groups is 1. The highest BCUT2D eigenvalue weighted by Gasteiger charge is 2.11. The summed E-state index contributed by atoms with van der Waals surface area (Å²) in [5, 5.41) is 7.82. The van der Waals surface area contributed by atoms with Crippen molar-refractivity contribution in [2.75, 3.05) is 11.6 Å². The predicted molar refractivity (Wildman–Crippen MR) is 111 cm³/mol. The molecule has 0 saturated carbocycles. The summed E-state index contributed by atoms with van der Waals surface area (Å²) in [5.74, 6) is -0.142. The second-order valence-electron chi connectivity index (χ2n) is 5.75. The highest BCUT2D eigenvalue weighted by atomic mass is 32.2. The van der Waals surface area contributed by atoms with Gasteiger partial charge in [0.1, 0.15) is 0 Å². The number of nitrogens with one attached hydrogen (secondary N) is 1. The number of hydrogen-bond donors (Lipinski definition) is 1. The summed E-state index contributed by atoms with van der Waals surface area (Å²) < 4.78 is 0. The third-order valence-corrected chi connectivity index (χ3v) is 5.64. The predicted octanol–water partition coefficient (Wildman–Crippen LogP) is 5.94.